The molecule has 1 amide bonds. The van der Waals surface area contributed by atoms with Gasteiger partial charge in [0, 0.05) is 13.0 Å². The maximum atomic E-state index is 11.9. The number of amides is 1. The molecule has 0 spiro atoms. The molecule has 0 bridgehead atoms. The Morgan fingerprint density at radius 3 is 1.55 bits per heavy atom. The van der Waals surface area contributed by atoms with Crippen molar-refractivity contribution in [3.05, 3.63) is 0 Å². The van der Waals surface area contributed by atoms with Gasteiger partial charge in [-0.1, -0.05) is 103 Å². The van der Waals surface area contributed by atoms with Crippen molar-refractivity contribution in [3.8, 4) is 0 Å². The Kier molecular flexibility index (Phi) is 20.7. The lowest BCUT2D eigenvalue weighted by Gasteiger charge is -2.14. The molecule has 0 aromatic heterocycles. The van der Waals surface area contributed by atoms with E-state index in [9.17, 15) is 9.59 Å². The molecular weight excluding hydrogens is 366 g/mol. The molecule has 0 aromatic carbocycles. The molecule has 0 aliphatic rings. The van der Waals surface area contributed by atoms with Gasteiger partial charge in [-0.05, 0) is 12.8 Å². The second-order valence-corrected chi connectivity index (χ2v) is 8.25. The molecule has 0 radical (unpaired) electrons. The van der Waals surface area contributed by atoms with Gasteiger partial charge in [-0.2, -0.15) is 0 Å². The minimum Gasteiger partial charge on any atom is -0.481 e. The van der Waals surface area contributed by atoms with Crippen LogP contribution in [0.5, 0.6) is 0 Å². The molecule has 0 saturated carbocycles. The molecule has 1 atom stereocenters. The van der Waals surface area contributed by atoms with Gasteiger partial charge < -0.3 is 10.4 Å². The van der Waals surface area contributed by atoms with Crippen LogP contribution in [0.3, 0.4) is 0 Å². The van der Waals surface area contributed by atoms with Crippen LogP contribution in [0.4, 0.5) is 0 Å². The summed E-state index contributed by atoms with van der Waals surface area (Å²) in [5.74, 6) is 4.19. The summed E-state index contributed by atoms with van der Waals surface area (Å²) in [6.07, 6.45) is 21.4. The lowest BCUT2D eigenvalue weighted by molar-refractivity contribution is -0.137. The Morgan fingerprint density at radius 1 is 0.759 bits per heavy atom. The van der Waals surface area contributed by atoms with Gasteiger partial charge in [0.1, 0.15) is 6.04 Å². The molecule has 0 aliphatic carbocycles. The standard InChI is InChI=1S/C23H47N3O3/c1-2-3-4-5-6-7-8-9-10-11-12-13-14-15-16-17-20-25-23(29)21(26-24)18-19-22(27)28/h21,26H,2-20,24H2,1H3,(H,25,29)(H,27,28). The summed E-state index contributed by atoms with van der Waals surface area (Å²) in [5, 5.41) is 11.5. The normalized spacial score (nSPS) is 12.1. The second-order valence-electron chi connectivity index (χ2n) is 8.25. The van der Waals surface area contributed by atoms with Crippen molar-refractivity contribution in [2.24, 2.45) is 5.84 Å². The molecule has 0 aromatic rings. The summed E-state index contributed by atoms with van der Waals surface area (Å²) in [4.78, 5) is 22.5. The van der Waals surface area contributed by atoms with E-state index >= 15 is 0 Å². The largest absolute Gasteiger partial charge is 0.481 e. The lowest BCUT2D eigenvalue weighted by Crippen LogP contribution is -2.47. The predicted octanol–water partition coefficient (Wildman–Crippen LogP) is 5.06. The molecule has 0 rings (SSSR count). The van der Waals surface area contributed by atoms with Crippen molar-refractivity contribution in [2.75, 3.05) is 6.54 Å². The van der Waals surface area contributed by atoms with E-state index in [-0.39, 0.29) is 18.7 Å². The van der Waals surface area contributed by atoms with Crippen molar-refractivity contribution >= 4 is 11.9 Å². The van der Waals surface area contributed by atoms with Crippen molar-refractivity contribution in [3.63, 3.8) is 0 Å². The molecule has 0 aliphatic heterocycles. The fraction of sp³-hybridized carbons (Fsp3) is 0.913. The second kappa shape index (κ2) is 21.6. The number of hydrogen-bond donors (Lipinski definition) is 4. The minimum absolute atomic E-state index is 0.0681. The number of unbranched alkanes of at least 4 members (excludes halogenated alkanes) is 15. The number of carbonyl (C=O) groups is 2. The summed E-state index contributed by atoms with van der Waals surface area (Å²) in [6, 6.07) is -0.632. The van der Waals surface area contributed by atoms with Crippen LogP contribution in [0.15, 0.2) is 0 Å². The number of hydrazine groups is 1. The van der Waals surface area contributed by atoms with E-state index < -0.39 is 12.0 Å². The summed E-state index contributed by atoms with van der Waals surface area (Å²) in [5.41, 5.74) is 2.39. The third-order valence-corrected chi connectivity index (χ3v) is 5.49. The summed E-state index contributed by atoms with van der Waals surface area (Å²) < 4.78 is 0. The molecule has 5 N–H and O–H groups in total. The van der Waals surface area contributed by atoms with Gasteiger partial charge in [-0.15, -0.1) is 0 Å². The Labute approximate surface area is 178 Å². The first kappa shape index (κ1) is 27.9. The molecule has 172 valence electrons. The quantitative estimate of drug-likeness (QED) is 0.113. The van der Waals surface area contributed by atoms with Gasteiger partial charge in [-0.3, -0.25) is 15.4 Å². The third kappa shape index (κ3) is 19.9. The zero-order valence-electron chi connectivity index (χ0n) is 18.9. The molecule has 6 heteroatoms. The van der Waals surface area contributed by atoms with Crippen molar-refractivity contribution < 1.29 is 14.7 Å². The van der Waals surface area contributed by atoms with Gasteiger partial charge >= 0.3 is 5.97 Å². The van der Waals surface area contributed by atoms with E-state index in [0.717, 1.165) is 12.8 Å². The van der Waals surface area contributed by atoms with Crippen LogP contribution in [0.1, 0.15) is 122 Å². The molecule has 0 heterocycles. The van der Waals surface area contributed by atoms with Gasteiger partial charge in [-0.25, -0.2) is 5.43 Å². The topological polar surface area (TPSA) is 104 Å². The summed E-state index contributed by atoms with van der Waals surface area (Å²) in [6.45, 7) is 2.90. The zero-order valence-corrected chi connectivity index (χ0v) is 18.9. The number of rotatable bonds is 22. The van der Waals surface area contributed by atoms with Gasteiger partial charge in [0.2, 0.25) is 5.91 Å². The summed E-state index contributed by atoms with van der Waals surface area (Å²) >= 11 is 0. The Hall–Kier alpha value is -1.14. The molecule has 29 heavy (non-hydrogen) atoms. The first-order chi connectivity index (χ1) is 14.1. The Balaban J connectivity index is 3.30. The van der Waals surface area contributed by atoms with Crippen LogP contribution in [-0.2, 0) is 9.59 Å². The number of carboxylic acids is 1. The molecular formula is C23H47N3O3. The average Bonchev–Trinajstić information content (AvgIpc) is 2.70. The number of nitrogens with one attached hydrogen (secondary N) is 2. The SMILES string of the molecule is CCCCCCCCCCCCCCCCCCNC(=O)C(CCC(=O)O)NN. The monoisotopic (exact) mass is 413 g/mol. The van der Waals surface area contributed by atoms with Gasteiger partial charge in [0.15, 0.2) is 0 Å². The maximum absolute atomic E-state index is 11.9. The van der Waals surface area contributed by atoms with E-state index in [0.29, 0.717) is 6.54 Å². The van der Waals surface area contributed by atoms with Gasteiger partial charge in [0.25, 0.3) is 0 Å². The highest BCUT2D eigenvalue weighted by atomic mass is 16.4. The number of carboxylic acid groups (broad SMARTS) is 1. The van der Waals surface area contributed by atoms with Crippen molar-refractivity contribution in [1.82, 2.24) is 10.7 Å². The van der Waals surface area contributed by atoms with Crippen LogP contribution >= 0.6 is 0 Å². The molecule has 0 saturated heterocycles. The number of hydrogen-bond acceptors (Lipinski definition) is 4. The maximum Gasteiger partial charge on any atom is 0.303 e. The van der Waals surface area contributed by atoms with E-state index in [1.54, 1.807) is 0 Å². The van der Waals surface area contributed by atoms with Crippen LogP contribution in [0.25, 0.3) is 0 Å². The number of carbonyl (C=O) groups excluding carboxylic acids is 1. The van der Waals surface area contributed by atoms with E-state index in [1.807, 2.05) is 0 Å². The third-order valence-electron chi connectivity index (χ3n) is 5.49. The fourth-order valence-corrected chi connectivity index (χ4v) is 3.57. The van der Waals surface area contributed by atoms with Crippen molar-refractivity contribution in [1.29, 1.82) is 0 Å². The van der Waals surface area contributed by atoms with Crippen LogP contribution in [-0.4, -0.2) is 29.6 Å². The number of aliphatic carboxylic acids is 1. The first-order valence-corrected chi connectivity index (χ1v) is 12.1. The highest BCUT2D eigenvalue weighted by molar-refractivity contribution is 5.82. The fourth-order valence-electron chi connectivity index (χ4n) is 3.57. The van der Waals surface area contributed by atoms with Crippen LogP contribution in [0.2, 0.25) is 0 Å². The number of nitrogens with two attached hydrogens (primary N) is 1. The lowest BCUT2D eigenvalue weighted by atomic mass is 10.0. The first-order valence-electron chi connectivity index (χ1n) is 12.1. The van der Waals surface area contributed by atoms with Gasteiger partial charge in [0.05, 0.1) is 0 Å². The summed E-state index contributed by atoms with van der Waals surface area (Å²) in [7, 11) is 0. The van der Waals surface area contributed by atoms with Crippen LogP contribution < -0.4 is 16.6 Å². The van der Waals surface area contributed by atoms with E-state index in [1.165, 1.54) is 89.9 Å². The van der Waals surface area contributed by atoms with E-state index in [2.05, 4.69) is 17.7 Å². The molecule has 6 nitrogen and oxygen atoms in total. The minimum atomic E-state index is -0.921. The Bertz CT molecular complexity index is 392. The Morgan fingerprint density at radius 2 is 1.17 bits per heavy atom. The average molecular weight is 414 g/mol. The van der Waals surface area contributed by atoms with Crippen molar-refractivity contribution in [2.45, 2.75) is 129 Å². The molecule has 0 fully saturated rings. The zero-order chi connectivity index (χ0) is 21.6. The highest BCUT2D eigenvalue weighted by Crippen LogP contribution is 2.13. The van der Waals surface area contributed by atoms with Crippen LogP contribution in [0, 0.1) is 0 Å². The van der Waals surface area contributed by atoms with E-state index in [4.69, 9.17) is 10.9 Å². The predicted molar refractivity (Wildman–Crippen MR) is 121 cm³/mol. The smallest absolute Gasteiger partial charge is 0.303 e. The molecule has 1 unspecified atom stereocenters. The highest BCUT2D eigenvalue weighted by Gasteiger charge is 2.17.